The maximum Gasteiger partial charge on any atom is 0.252 e. The first kappa shape index (κ1) is 21.6. The van der Waals surface area contributed by atoms with Crippen molar-refractivity contribution in [3.63, 3.8) is 0 Å². The quantitative estimate of drug-likeness (QED) is 0.716. The van der Waals surface area contributed by atoms with Gasteiger partial charge in [0.1, 0.15) is 22.1 Å². The molecule has 0 spiro atoms. The van der Waals surface area contributed by atoms with E-state index in [-0.39, 0.29) is 16.3 Å². The number of nitrogens with zero attached hydrogens (tertiary/aromatic N) is 1. The molecule has 1 aromatic carbocycles. The van der Waals surface area contributed by atoms with Crippen molar-refractivity contribution < 1.29 is 22.3 Å². The van der Waals surface area contributed by atoms with Crippen LogP contribution in [-0.2, 0) is 16.6 Å². The molecule has 2 N–H and O–H groups in total. The second kappa shape index (κ2) is 8.35. The molecule has 0 bridgehead atoms. The zero-order chi connectivity index (χ0) is 21.3. The predicted octanol–water partition coefficient (Wildman–Crippen LogP) is 3.84. The van der Waals surface area contributed by atoms with Crippen LogP contribution in [0.4, 0.5) is 8.78 Å². The van der Waals surface area contributed by atoms with Gasteiger partial charge in [0.2, 0.25) is 0 Å². The molecule has 0 amide bonds. The normalized spacial score (nSPS) is 17.5. The minimum absolute atomic E-state index is 0.129. The molecule has 0 aliphatic carbocycles. The van der Waals surface area contributed by atoms with E-state index in [4.69, 9.17) is 0 Å². The van der Waals surface area contributed by atoms with Crippen molar-refractivity contribution in [1.29, 1.82) is 0 Å². The van der Waals surface area contributed by atoms with Crippen LogP contribution in [0.3, 0.4) is 0 Å². The Bertz CT molecular complexity index is 1070. The molecule has 29 heavy (non-hydrogen) atoms. The Hall–Kier alpha value is -2.07. The van der Waals surface area contributed by atoms with Crippen LogP contribution in [-0.4, -0.2) is 31.1 Å². The van der Waals surface area contributed by atoms with Crippen LogP contribution >= 0.6 is 11.3 Å². The molecular weight excluding hydrogens is 418 g/mol. The second-order valence-corrected chi connectivity index (χ2v) is 10.2. The van der Waals surface area contributed by atoms with Crippen LogP contribution in [0.1, 0.15) is 30.7 Å². The van der Waals surface area contributed by atoms with Crippen molar-refractivity contribution in [2.24, 2.45) is 0 Å². The van der Waals surface area contributed by atoms with Crippen LogP contribution in [0.25, 0.3) is 5.57 Å². The van der Waals surface area contributed by atoms with Gasteiger partial charge in [-0.3, -0.25) is 0 Å². The fourth-order valence-corrected chi connectivity index (χ4v) is 5.85. The van der Waals surface area contributed by atoms with Crippen LogP contribution < -0.4 is 5.32 Å². The van der Waals surface area contributed by atoms with Crippen molar-refractivity contribution in [3.05, 3.63) is 69.8 Å². The Kier molecular flexibility index (Phi) is 6.23. The Morgan fingerprint density at radius 1 is 1.21 bits per heavy atom. The van der Waals surface area contributed by atoms with Gasteiger partial charge >= 0.3 is 0 Å². The number of halogens is 2. The summed E-state index contributed by atoms with van der Waals surface area (Å²) in [6, 6.07) is 6.20. The number of aliphatic hydroxyl groups excluding tert-OH is 1. The minimum atomic E-state index is -3.83. The number of hydrogen-bond donors (Lipinski definition) is 2. The number of nitrogens with one attached hydrogen (secondary N) is 1. The molecule has 9 heteroatoms. The third-order valence-electron chi connectivity index (χ3n) is 4.69. The SMILES string of the molecule is CCC1=CC(c2ccc(S(=O)(=O)N(C)Cc3cc(F)cc(F)c3)s2)=C(C)NC1O. The van der Waals surface area contributed by atoms with Gasteiger partial charge in [-0.2, -0.15) is 4.31 Å². The summed E-state index contributed by atoms with van der Waals surface area (Å²) in [5.74, 6) is -1.51. The van der Waals surface area contributed by atoms with Crippen molar-refractivity contribution >= 4 is 26.9 Å². The molecular formula is C20H22F2N2O3S2. The monoisotopic (exact) mass is 440 g/mol. The maximum atomic E-state index is 13.4. The highest BCUT2D eigenvalue weighted by Crippen LogP contribution is 2.34. The molecule has 1 aliphatic heterocycles. The lowest BCUT2D eigenvalue weighted by Gasteiger charge is -2.24. The summed E-state index contributed by atoms with van der Waals surface area (Å²) in [5, 5.41) is 13.0. The number of aliphatic hydroxyl groups is 1. The van der Waals surface area contributed by atoms with Crippen molar-refractivity contribution in [2.45, 2.75) is 37.3 Å². The summed E-state index contributed by atoms with van der Waals surface area (Å²) in [5.41, 5.74) is 2.62. The Morgan fingerprint density at radius 3 is 2.48 bits per heavy atom. The van der Waals surface area contributed by atoms with E-state index < -0.39 is 27.9 Å². The molecule has 3 rings (SSSR count). The third-order valence-corrected chi connectivity index (χ3v) is 8.07. The topological polar surface area (TPSA) is 69.6 Å². The summed E-state index contributed by atoms with van der Waals surface area (Å²) >= 11 is 1.11. The van der Waals surface area contributed by atoms with Crippen LogP contribution in [0.2, 0.25) is 0 Å². The number of dihydropyridines is 1. The lowest BCUT2D eigenvalue weighted by atomic mass is 10.0. The predicted molar refractivity (Wildman–Crippen MR) is 109 cm³/mol. The van der Waals surface area contributed by atoms with E-state index >= 15 is 0 Å². The third kappa shape index (κ3) is 4.58. The fourth-order valence-electron chi connectivity index (χ4n) is 3.10. The molecule has 2 heterocycles. The highest BCUT2D eigenvalue weighted by atomic mass is 32.2. The first-order valence-corrected chi connectivity index (χ1v) is 11.2. The summed E-state index contributed by atoms with van der Waals surface area (Å²) < 4.78 is 53.8. The number of rotatable bonds is 6. The molecule has 1 atom stereocenters. The summed E-state index contributed by atoms with van der Waals surface area (Å²) in [7, 11) is -2.46. The highest BCUT2D eigenvalue weighted by molar-refractivity contribution is 7.91. The second-order valence-electron chi connectivity index (χ2n) is 6.82. The molecule has 1 aromatic heterocycles. The Morgan fingerprint density at radius 2 is 1.86 bits per heavy atom. The van der Waals surface area contributed by atoms with E-state index in [1.807, 2.05) is 19.9 Å². The summed E-state index contributed by atoms with van der Waals surface area (Å²) in [4.78, 5) is 0.747. The van der Waals surface area contributed by atoms with Crippen molar-refractivity contribution in [3.8, 4) is 0 Å². The lowest BCUT2D eigenvalue weighted by Crippen LogP contribution is -2.32. The van der Waals surface area contributed by atoms with Crippen LogP contribution in [0, 0.1) is 11.6 Å². The number of hydrogen-bond acceptors (Lipinski definition) is 5. The Balaban J connectivity index is 1.87. The molecule has 0 radical (unpaired) electrons. The molecule has 5 nitrogen and oxygen atoms in total. The van der Waals surface area contributed by atoms with Gasteiger partial charge in [0.25, 0.3) is 10.0 Å². The lowest BCUT2D eigenvalue weighted by molar-refractivity contribution is 0.180. The van der Waals surface area contributed by atoms with Gasteiger partial charge in [0.15, 0.2) is 0 Å². The Labute approximate surface area is 173 Å². The highest BCUT2D eigenvalue weighted by Gasteiger charge is 2.25. The van der Waals surface area contributed by atoms with Crippen molar-refractivity contribution in [2.75, 3.05) is 7.05 Å². The van der Waals surface area contributed by atoms with Gasteiger partial charge in [-0.05, 0) is 54.8 Å². The molecule has 0 fully saturated rings. The fraction of sp³-hybridized carbons (Fsp3) is 0.300. The minimum Gasteiger partial charge on any atom is -0.370 e. The largest absolute Gasteiger partial charge is 0.370 e. The average Bonchev–Trinajstić information content (AvgIpc) is 3.11. The molecule has 0 saturated heterocycles. The van der Waals surface area contributed by atoms with Gasteiger partial charge in [-0.1, -0.05) is 6.92 Å². The molecule has 2 aromatic rings. The first-order valence-electron chi connectivity index (χ1n) is 8.99. The number of sulfonamides is 1. The van der Waals surface area contributed by atoms with E-state index in [2.05, 4.69) is 5.32 Å². The van der Waals surface area contributed by atoms with Crippen LogP contribution in [0.15, 0.2) is 51.9 Å². The standard InChI is InChI=1S/C20H22F2N2O3S2/c1-4-14-9-17(12(2)23-20(14)25)18-5-6-19(28-18)29(26,27)24(3)11-13-7-15(21)10-16(22)8-13/h5-10,20,23,25H,4,11H2,1-3H3. The average molecular weight is 441 g/mol. The van der Waals surface area contributed by atoms with E-state index in [0.717, 1.165) is 55.6 Å². The van der Waals surface area contributed by atoms with Crippen molar-refractivity contribution in [1.82, 2.24) is 9.62 Å². The number of benzene rings is 1. The molecule has 0 saturated carbocycles. The van der Waals surface area contributed by atoms with E-state index in [1.54, 1.807) is 6.07 Å². The molecule has 1 aliphatic rings. The van der Waals surface area contributed by atoms with Gasteiger partial charge in [0, 0.05) is 35.8 Å². The zero-order valence-electron chi connectivity index (χ0n) is 16.2. The maximum absolute atomic E-state index is 13.4. The van der Waals surface area contributed by atoms with Gasteiger partial charge in [-0.25, -0.2) is 17.2 Å². The van der Waals surface area contributed by atoms with Gasteiger partial charge in [0.05, 0.1) is 0 Å². The van der Waals surface area contributed by atoms with E-state index in [1.165, 1.54) is 13.1 Å². The van der Waals surface area contributed by atoms with E-state index in [0.29, 0.717) is 6.42 Å². The summed E-state index contributed by atoms with van der Waals surface area (Å²) in [6.45, 7) is 3.60. The number of allylic oxidation sites excluding steroid dienone is 3. The number of thiophene rings is 1. The van der Waals surface area contributed by atoms with E-state index in [9.17, 15) is 22.3 Å². The smallest absolute Gasteiger partial charge is 0.252 e. The van der Waals surface area contributed by atoms with Gasteiger partial charge < -0.3 is 10.4 Å². The van der Waals surface area contributed by atoms with Gasteiger partial charge in [-0.15, -0.1) is 11.3 Å². The molecule has 1 unspecified atom stereocenters. The first-order chi connectivity index (χ1) is 13.6. The summed E-state index contributed by atoms with van der Waals surface area (Å²) in [6.07, 6.45) is 1.79. The van der Waals surface area contributed by atoms with Crippen LogP contribution in [0.5, 0.6) is 0 Å². The zero-order valence-corrected chi connectivity index (χ0v) is 17.9. The molecule has 156 valence electrons.